The van der Waals surface area contributed by atoms with Gasteiger partial charge in [-0.25, -0.2) is 0 Å². The minimum absolute atomic E-state index is 0.0982. The van der Waals surface area contributed by atoms with Gasteiger partial charge in [0.05, 0.1) is 13.5 Å². The highest BCUT2D eigenvalue weighted by atomic mass is 32.1. The molecule has 0 saturated carbocycles. The molecule has 0 spiro atoms. The number of H-pyrrole nitrogens is 1. The van der Waals surface area contributed by atoms with Gasteiger partial charge >= 0.3 is 10.8 Å². The molecule has 0 radical (unpaired) electrons. The van der Waals surface area contributed by atoms with E-state index in [0.29, 0.717) is 11.6 Å². The van der Waals surface area contributed by atoms with Crippen molar-refractivity contribution >= 4 is 17.3 Å². The molecule has 1 fully saturated rings. The van der Waals surface area contributed by atoms with Crippen LogP contribution in [-0.2, 0) is 22.5 Å². The van der Waals surface area contributed by atoms with Crippen LogP contribution in [0.1, 0.15) is 30.3 Å². The maximum Gasteiger partial charge on any atom is 0.311 e. The van der Waals surface area contributed by atoms with Gasteiger partial charge in [-0.2, -0.15) is 0 Å². The molecule has 2 rings (SSSR count). The molecule has 1 N–H and O–H groups in total. The zero-order valence-corrected chi connectivity index (χ0v) is 12.2. The first kappa shape index (κ1) is 14.3. The fraction of sp³-hybridized carbons (Fsp3) is 0.692. The summed E-state index contributed by atoms with van der Waals surface area (Å²) >= 11 is 1.20. The highest BCUT2D eigenvalue weighted by Crippen LogP contribution is 2.20. The van der Waals surface area contributed by atoms with Crippen molar-refractivity contribution in [2.75, 3.05) is 20.2 Å². The Hall–Kier alpha value is -1.14. The molecule has 1 atom stereocenters. The summed E-state index contributed by atoms with van der Waals surface area (Å²) in [4.78, 5) is 28.8. The van der Waals surface area contributed by atoms with Crippen molar-refractivity contribution in [2.24, 2.45) is 5.92 Å². The molecule has 0 aliphatic carbocycles. The minimum Gasteiger partial charge on any atom is -0.469 e. The van der Waals surface area contributed by atoms with Crippen LogP contribution in [-0.4, -0.2) is 36.1 Å². The lowest BCUT2D eigenvalue weighted by Crippen LogP contribution is -2.33. The van der Waals surface area contributed by atoms with Crippen LogP contribution in [0.3, 0.4) is 0 Å². The molecular weight excluding hydrogens is 264 g/mol. The number of methoxy groups -OCH3 is 1. The lowest BCUT2D eigenvalue weighted by atomic mass is 10.0. The molecule has 1 aliphatic rings. The summed E-state index contributed by atoms with van der Waals surface area (Å²) in [6.07, 6.45) is 2.62. The molecule has 0 bridgehead atoms. The molecule has 1 aliphatic heterocycles. The summed E-state index contributed by atoms with van der Waals surface area (Å²) in [7, 11) is 1.36. The first-order valence-electron chi connectivity index (χ1n) is 6.58. The van der Waals surface area contributed by atoms with Crippen LogP contribution in [0, 0.1) is 5.92 Å². The first-order valence-corrected chi connectivity index (χ1v) is 7.40. The van der Waals surface area contributed by atoms with Gasteiger partial charge in [0.15, 0.2) is 0 Å². The Kier molecular flexibility index (Phi) is 4.76. The van der Waals surface area contributed by atoms with E-state index in [1.807, 2.05) is 0 Å². The van der Waals surface area contributed by atoms with Crippen LogP contribution in [0.5, 0.6) is 0 Å². The third-order valence-electron chi connectivity index (χ3n) is 3.46. The Labute approximate surface area is 116 Å². The molecular formula is C13H20N2O3S. The molecule has 1 saturated heterocycles. The second kappa shape index (κ2) is 6.34. The topological polar surface area (TPSA) is 62.4 Å². The number of likely N-dealkylation sites (tertiary alicyclic amines) is 1. The van der Waals surface area contributed by atoms with E-state index in [2.05, 4.69) is 21.5 Å². The van der Waals surface area contributed by atoms with Crippen LogP contribution < -0.4 is 4.87 Å². The van der Waals surface area contributed by atoms with Crippen LogP contribution in [0.25, 0.3) is 0 Å². The summed E-state index contributed by atoms with van der Waals surface area (Å²) in [5.74, 6) is 0.385. The molecule has 5 nitrogen and oxygen atoms in total. The highest BCUT2D eigenvalue weighted by Gasteiger charge is 2.20. The Balaban J connectivity index is 2.06. The molecule has 0 amide bonds. The molecule has 6 heteroatoms. The number of carbonyl (C=O) groups is 1. The van der Waals surface area contributed by atoms with E-state index in [-0.39, 0.29) is 17.3 Å². The number of aromatic amines is 1. The maximum absolute atomic E-state index is 11.5. The number of thiazole rings is 1. The van der Waals surface area contributed by atoms with Crippen molar-refractivity contribution in [1.29, 1.82) is 0 Å². The van der Waals surface area contributed by atoms with E-state index in [9.17, 15) is 9.59 Å². The minimum atomic E-state index is -0.317. The first-order chi connectivity index (χ1) is 9.08. The van der Waals surface area contributed by atoms with Crippen LogP contribution in [0.15, 0.2) is 4.79 Å². The molecule has 0 aromatic carbocycles. The number of nitrogens with one attached hydrogen (secondary N) is 1. The number of piperidine rings is 1. The molecule has 2 heterocycles. The van der Waals surface area contributed by atoms with Crippen LogP contribution in [0.4, 0.5) is 0 Å². The van der Waals surface area contributed by atoms with E-state index >= 15 is 0 Å². The van der Waals surface area contributed by atoms with Gasteiger partial charge in [-0.05, 0) is 25.3 Å². The Morgan fingerprint density at radius 2 is 2.37 bits per heavy atom. The number of nitrogens with zero attached hydrogens (tertiary/aromatic N) is 1. The monoisotopic (exact) mass is 284 g/mol. The lowest BCUT2D eigenvalue weighted by molar-refractivity contribution is -0.139. The largest absolute Gasteiger partial charge is 0.469 e. The highest BCUT2D eigenvalue weighted by molar-refractivity contribution is 7.09. The van der Waals surface area contributed by atoms with Gasteiger partial charge in [0, 0.05) is 23.7 Å². The SMILES string of the molecule is COC(=O)Cc1[nH]c(=O)sc1CN1CCCC(C)C1. The second-order valence-corrected chi connectivity index (χ2v) is 6.22. The fourth-order valence-electron chi connectivity index (χ4n) is 2.51. The van der Waals surface area contributed by atoms with Crippen molar-refractivity contribution in [3.8, 4) is 0 Å². The van der Waals surface area contributed by atoms with Gasteiger partial charge in [-0.3, -0.25) is 14.5 Å². The number of hydrogen-bond donors (Lipinski definition) is 1. The predicted octanol–water partition coefficient (Wildman–Crippen LogP) is 1.38. The normalized spacial score (nSPS) is 20.4. The zero-order chi connectivity index (χ0) is 13.8. The molecule has 1 unspecified atom stereocenters. The fourth-order valence-corrected chi connectivity index (χ4v) is 3.40. The molecule has 1 aromatic heterocycles. The summed E-state index contributed by atoms with van der Waals surface area (Å²) < 4.78 is 4.66. The lowest BCUT2D eigenvalue weighted by Gasteiger charge is -2.30. The standard InChI is InChI=1S/C13H20N2O3S/c1-9-4-3-5-15(7-9)8-11-10(6-12(16)18-2)14-13(17)19-11/h9H,3-8H2,1-2H3,(H,14,17). The average molecular weight is 284 g/mol. The van der Waals surface area contributed by atoms with Gasteiger partial charge in [0.2, 0.25) is 0 Å². The van der Waals surface area contributed by atoms with E-state index < -0.39 is 0 Å². The van der Waals surface area contributed by atoms with Gasteiger partial charge < -0.3 is 9.72 Å². The van der Waals surface area contributed by atoms with Gasteiger partial charge in [0.1, 0.15) is 0 Å². The average Bonchev–Trinajstić information content (AvgIpc) is 2.69. The second-order valence-electron chi connectivity index (χ2n) is 5.15. The van der Waals surface area contributed by atoms with Crippen LogP contribution in [0.2, 0.25) is 0 Å². The van der Waals surface area contributed by atoms with Crippen molar-refractivity contribution in [3.63, 3.8) is 0 Å². The van der Waals surface area contributed by atoms with Gasteiger partial charge in [0.25, 0.3) is 0 Å². The number of aromatic nitrogens is 1. The van der Waals surface area contributed by atoms with Crippen LogP contribution >= 0.6 is 11.3 Å². The number of hydrogen-bond acceptors (Lipinski definition) is 5. The van der Waals surface area contributed by atoms with Gasteiger partial charge in [-0.15, -0.1) is 0 Å². The van der Waals surface area contributed by atoms with E-state index in [1.54, 1.807) is 0 Å². The third kappa shape index (κ3) is 3.91. The Morgan fingerprint density at radius 1 is 1.58 bits per heavy atom. The molecule has 106 valence electrons. The van der Waals surface area contributed by atoms with Gasteiger partial charge in [-0.1, -0.05) is 18.3 Å². The van der Waals surface area contributed by atoms with Crippen molar-refractivity contribution in [3.05, 3.63) is 20.2 Å². The molecule has 19 heavy (non-hydrogen) atoms. The predicted molar refractivity (Wildman–Crippen MR) is 74.3 cm³/mol. The summed E-state index contributed by atoms with van der Waals surface area (Å²) in [6.45, 7) is 5.12. The van der Waals surface area contributed by atoms with Crippen molar-refractivity contribution < 1.29 is 9.53 Å². The smallest absolute Gasteiger partial charge is 0.311 e. The molecule has 1 aromatic rings. The number of carbonyl (C=O) groups excluding carboxylic acids is 1. The maximum atomic E-state index is 11.5. The number of esters is 1. The Bertz CT molecular complexity index is 494. The number of rotatable bonds is 4. The van der Waals surface area contributed by atoms with E-state index in [1.165, 1.54) is 31.3 Å². The number of ether oxygens (including phenoxy) is 1. The summed E-state index contributed by atoms with van der Waals surface area (Å²) in [5.41, 5.74) is 0.708. The van der Waals surface area contributed by atoms with Crippen molar-refractivity contribution in [2.45, 2.75) is 32.7 Å². The van der Waals surface area contributed by atoms with Crippen molar-refractivity contribution in [1.82, 2.24) is 9.88 Å². The summed E-state index contributed by atoms with van der Waals surface area (Å²) in [6, 6.07) is 0. The Morgan fingerprint density at radius 3 is 3.05 bits per heavy atom. The quantitative estimate of drug-likeness (QED) is 0.849. The van der Waals surface area contributed by atoms with E-state index in [4.69, 9.17) is 0 Å². The van der Waals surface area contributed by atoms with E-state index in [0.717, 1.165) is 24.5 Å². The summed E-state index contributed by atoms with van der Waals surface area (Å²) in [5, 5.41) is 0. The third-order valence-corrected chi connectivity index (χ3v) is 4.37. The zero-order valence-electron chi connectivity index (χ0n) is 11.4.